The van der Waals surface area contributed by atoms with Crippen molar-refractivity contribution in [1.82, 2.24) is 30.1 Å². The smallest absolute Gasteiger partial charge is 0.446 e. The molecule has 1 aliphatic heterocycles. The van der Waals surface area contributed by atoms with E-state index < -0.39 is 17.7 Å². The number of nitrogens with one attached hydrogen (secondary N) is 3. The molecule has 0 radical (unpaired) electrons. The van der Waals surface area contributed by atoms with E-state index in [1.54, 1.807) is 24.3 Å². The lowest BCUT2D eigenvalue weighted by molar-refractivity contribution is -0.0327. The van der Waals surface area contributed by atoms with Gasteiger partial charge in [0.1, 0.15) is 24.3 Å². The van der Waals surface area contributed by atoms with Crippen LogP contribution in [-0.2, 0) is 0 Å². The number of alkyl halides is 4. The number of carbonyl (C=O) groups is 1. The van der Waals surface area contributed by atoms with Crippen molar-refractivity contribution in [3.05, 3.63) is 47.8 Å². The molecule has 0 unspecified atom stereocenters. The second kappa shape index (κ2) is 12.5. The molecule has 1 aliphatic rings. The van der Waals surface area contributed by atoms with Gasteiger partial charge in [-0.1, -0.05) is 12.0 Å². The maximum absolute atomic E-state index is 14.6. The standard InChI is InChI=1S/C25H27F4N7O2S/c1-30-23(37)16-5-3-6-17(13-16)38-15-31-10-4-7-20-22(39-25(27,28)29)21-8-11-32-24(36(21)34-20)33-19-9-12-35(2)14-18(19)26/h3,5-6,8,11,13,18-19,31H,9-10,12,14-15H2,1-2H3,(H,30,37)(H,32,33)/t18-,19+/m0/s1. The molecule has 1 amide bonds. The summed E-state index contributed by atoms with van der Waals surface area (Å²) in [5.74, 6) is 5.81. The Morgan fingerprint density at radius 1 is 1.31 bits per heavy atom. The van der Waals surface area contributed by atoms with Crippen LogP contribution in [0.3, 0.4) is 0 Å². The molecule has 3 N–H and O–H groups in total. The molecule has 0 saturated carbocycles. The summed E-state index contributed by atoms with van der Waals surface area (Å²) < 4.78 is 61.5. The van der Waals surface area contributed by atoms with Gasteiger partial charge < -0.3 is 20.3 Å². The number of benzene rings is 1. The highest BCUT2D eigenvalue weighted by Gasteiger charge is 2.34. The number of piperidine rings is 1. The highest BCUT2D eigenvalue weighted by atomic mass is 32.2. The molecule has 3 heterocycles. The minimum absolute atomic E-state index is 0.0557. The zero-order chi connectivity index (χ0) is 28.0. The summed E-state index contributed by atoms with van der Waals surface area (Å²) in [6, 6.07) is 7.47. The van der Waals surface area contributed by atoms with E-state index >= 15 is 0 Å². The molecule has 1 aromatic carbocycles. The molecule has 208 valence electrons. The Labute approximate surface area is 226 Å². The number of aromatic nitrogens is 3. The van der Waals surface area contributed by atoms with Crippen molar-refractivity contribution < 1.29 is 27.1 Å². The van der Waals surface area contributed by atoms with Crippen LogP contribution in [0.5, 0.6) is 5.75 Å². The maximum Gasteiger partial charge on any atom is 0.446 e. The summed E-state index contributed by atoms with van der Waals surface area (Å²) in [4.78, 5) is 17.6. The largest absolute Gasteiger partial charge is 0.478 e. The highest BCUT2D eigenvalue weighted by Crippen LogP contribution is 2.41. The summed E-state index contributed by atoms with van der Waals surface area (Å²) in [5.41, 5.74) is -4.04. The lowest BCUT2D eigenvalue weighted by atomic mass is 10.0. The third-order valence-electron chi connectivity index (χ3n) is 5.87. The summed E-state index contributed by atoms with van der Waals surface area (Å²) in [5, 5.41) is 12.7. The molecule has 2 atom stereocenters. The Kier molecular flexibility index (Phi) is 9.16. The summed E-state index contributed by atoms with van der Waals surface area (Å²) in [7, 11) is 3.35. The number of thioether (sulfide) groups is 1. The van der Waals surface area contributed by atoms with Gasteiger partial charge >= 0.3 is 5.51 Å². The van der Waals surface area contributed by atoms with Crippen molar-refractivity contribution in [1.29, 1.82) is 0 Å². The molecule has 1 fully saturated rings. The van der Waals surface area contributed by atoms with Crippen LogP contribution >= 0.6 is 11.8 Å². The predicted molar refractivity (Wildman–Crippen MR) is 140 cm³/mol. The number of hydrogen-bond acceptors (Lipinski definition) is 8. The number of halogens is 4. The third-order valence-corrected chi connectivity index (χ3v) is 6.70. The molecule has 4 rings (SSSR count). The molecular formula is C25H27F4N7O2S. The average Bonchev–Trinajstić information content (AvgIpc) is 3.24. The Bertz CT molecular complexity index is 1370. The Balaban J connectivity index is 1.47. The number of rotatable bonds is 8. The van der Waals surface area contributed by atoms with Gasteiger partial charge in [-0.15, -0.1) is 0 Å². The van der Waals surface area contributed by atoms with Gasteiger partial charge in [0.15, 0.2) is 0 Å². The van der Waals surface area contributed by atoms with Gasteiger partial charge in [-0.2, -0.15) is 22.8 Å². The number of ether oxygens (including phenoxy) is 1. The molecule has 9 nitrogen and oxygen atoms in total. The number of hydrogen-bond donors (Lipinski definition) is 3. The SMILES string of the molecule is CNC(=O)c1cccc(OCNCC#Cc2nn3c(N[C@@H]4CCN(C)C[C@@H]4F)nccc3c2SC(F)(F)F)c1. The van der Waals surface area contributed by atoms with Gasteiger partial charge in [-0.25, -0.2) is 9.37 Å². The minimum Gasteiger partial charge on any atom is -0.478 e. The predicted octanol–water partition coefficient (Wildman–Crippen LogP) is 3.13. The van der Waals surface area contributed by atoms with Crippen molar-refractivity contribution in [3.8, 4) is 17.6 Å². The molecule has 0 bridgehead atoms. The molecule has 3 aromatic rings. The van der Waals surface area contributed by atoms with Crippen LogP contribution in [-0.4, -0.2) is 83.6 Å². The first-order chi connectivity index (χ1) is 18.6. The second-order valence-corrected chi connectivity index (χ2v) is 9.81. The zero-order valence-electron chi connectivity index (χ0n) is 21.2. The van der Waals surface area contributed by atoms with Crippen LogP contribution in [0.25, 0.3) is 5.52 Å². The fraction of sp³-hybridized carbons (Fsp3) is 0.400. The second-order valence-electron chi connectivity index (χ2n) is 8.73. The molecule has 2 aromatic heterocycles. The summed E-state index contributed by atoms with van der Waals surface area (Å²) in [6.07, 6.45) is 0.703. The average molecular weight is 566 g/mol. The van der Waals surface area contributed by atoms with E-state index in [9.17, 15) is 22.4 Å². The Morgan fingerprint density at radius 3 is 2.87 bits per heavy atom. The molecular weight excluding hydrogens is 538 g/mol. The lowest BCUT2D eigenvalue weighted by Crippen LogP contribution is -2.46. The van der Waals surface area contributed by atoms with Gasteiger partial charge in [-0.3, -0.25) is 10.1 Å². The van der Waals surface area contributed by atoms with Crippen LogP contribution < -0.4 is 20.7 Å². The monoisotopic (exact) mass is 565 g/mol. The summed E-state index contributed by atoms with van der Waals surface area (Å²) >= 11 is -0.310. The number of anilines is 1. The van der Waals surface area contributed by atoms with Crippen LogP contribution in [0.15, 0.2) is 41.4 Å². The normalized spacial score (nSPS) is 17.9. The van der Waals surface area contributed by atoms with Gasteiger partial charge in [-0.05, 0) is 55.4 Å². The van der Waals surface area contributed by atoms with Crippen LogP contribution in [0, 0.1) is 11.8 Å². The van der Waals surface area contributed by atoms with Crippen LogP contribution in [0.1, 0.15) is 22.5 Å². The van der Waals surface area contributed by atoms with E-state index in [-0.39, 0.29) is 59.5 Å². The number of amides is 1. The fourth-order valence-corrected chi connectivity index (χ4v) is 4.67. The highest BCUT2D eigenvalue weighted by molar-refractivity contribution is 8.00. The van der Waals surface area contributed by atoms with E-state index in [0.29, 0.717) is 24.3 Å². The van der Waals surface area contributed by atoms with Crippen LogP contribution in [0.4, 0.5) is 23.5 Å². The Morgan fingerprint density at radius 2 is 2.13 bits per heavy atom. The fourth-order valence-electron chi connectivity index (χ4n) is 3.99. The van der Waals surface area contributed by atoms with Gasteiger partial charge in [0.2, 0.25) is 5.95 Å². The quantitative estimate of drug-likeness (QED) is 0.126. The number of likely N-dealkylation sites (tertiary alicyclic amines) is 1. The van der Waals surface area contributed by atoms with Crippen LogP contribution in [0.2, 0.25) is 0 Å². The van der Waals surface area contributed by atoms with Crippen molar-refractivity contribution in [3.63, 3.8) is 0 Å². The first kappa shape index (κ1) is 28.5. The van der Waals surface area contributed by atoms with E-state index in [2.05, 4.69) is 37.9 Å². The maximum atomic E-state index is 14.6. The molecule has 0 aliphatic carbocycles. The minimum atomic E-state index is -4.57. The van der Waals surface area contributed by atoms with Crippen molar-refractivity contribution in [2.24, 2.45) is 0 Å². The van der Waals surface area contributed by atoms with E-state index in [4.69, 9.17) is 4.74 Å². The Hall–Kier alpha value is -3.54. The van der Waals surface area contributed by atoms with Crippen molar-refractivity contribution in [2.45, 2.75) is 29.0 Å². The molecule has 1 saturated heterocycles. The van der Waals surface area contributed by atoms with Gasteiger partial charge in [0.05, 0.1) is 23.0 Å². The van der Waals surface area contributed by atoms with E-state index in [1.165, 1.54) is 23.8 Å². The number of carbonyl (C=O) groups excluding carboxylic acids is 1. The first-order valence-electron chi connectivity index (χ1n) is 12.0. The van der Waals surface area contributed by atoms with E-state index in [0.717, 1.165) is 0 Å². The third kappa shape index (κ3) is 7.53. The topological polar surface area (TPSA) is 95.8 Å². The van der Waals surface area contributed by atoms with Crippen molar-refractivity contribution >= 4 is 29.1 Å². The molecule has 39 heavy (non-hydrogen) atoms. The van der Waals surface area contributed by atoms with Gasteiger partial charge in [0.25, 0.3) is 5.91 Å². The van der Waals surface area contributed by atoms with Gasteiger partial charge in [0, 0.05) is 31.9 Å². The molecule has 0 spiro atoms. The van der Waals surface area contributed by atoms with E-state index in [1.807, 2.05) is 11.9 Å². The number of nitrogens with zero attached hydrogens (tertiary/aromatic N) is 4. The lowest BCUT2D eigenvalue weighted by Gasteiger charge is -2.32. The number of fused-ring (bicyclic) bond motifs is 1. The first-order valence-corrected chi connectivity index (χ1v) is 12.8. The molecule has 14 heteroatoms. The zero-order valence-corrected chi connectivity index (χ0v) is 22.0. The van der Waals surface area contributed by atoms with Crippen molar-refractivity contribution in [2.75, 3.05) is 45.8 Å². The summed E-state index contributed by atoms with van der Waals surface area (Å²) in [6.45, 7) is 1.08.